The molecule has 2 rings (SSSR count). The molecular weight excluding hydrogens is 150 g/mol. The lowest BCUT2D eigenvalue weighted by atomic mass is 10.0. The fourth-order valence-electron chi connectivity index (χ4n) is 1.74. The highest BCUT2D eigenvalue weighted by molar-refractivity contribution is 4.91. The fraction of sp³-hybridized carbons (Fsp3) is 0.667. The third-order valence-electron chi connectivity index (χ3n) is 2.41. The van der Waals surface area contributed by atoms with Gasteiger partial charge in [0.1, 0.15) is 5.82 Å². The topological polar surface area (TPSA) is 40.7 Å². The van der Waals surface area contributed by atoms with E-state index >= 15 is 0 Å². The Labute approximate surface area is 72.6 Å². The molecule has 0 spiro atoms. The van der Waals surface area contributed by atoms with Gasteiger partial charge in [-0.2, -0.15) is 0 Å². The summed E-state index contributed by atoms with van der Waals surface area (Å²) in [6.07, 6.45) is 8.73. The molecule has 3 heteroatoms. The van der Waals surface area contributed by atoms with Gasteiger partial charge in [-0.15, -0.1) is 0 Å². The second-order valence-electron chi connectivity index (χ2n) is 3.39. The third-order valence-corrected chi connectivity index (χ3v) is 2.41. The third kappa shape index (κ3) is 1.85. The Morgan fingerprint density at radius 3 is 3.17 bits per heavy atom. The van der Waals surface area contributed by atoms with E-state index in [9.17, 15) is 0 Å². The van der Waals surface area contributed by atoms with Gasteiger partial charge in [-0.3, -0.25) is 0 Å². The van der Waals surface area contributed by atoms with Crippen molar-refractivity contribution in [2.24, 2.45) is 0 Å². The highest BCUT2D eigenvalue weighted by Crippen LogP contribution is 2.09. The van der Waals surface area contributed by atoms with Crippen LogP contribution in [0, 0.1) is 0 Å². The molecule has 2 N–H and O–H groups in total. The van der Waals surface area contributed by atoms with Crippen molar-refractivity contribution in [3.63, 3.8) is 0 Å². The summed E-state index contributed by atoms with van der Waals surface area (Å²) in [4.78, 5) is 7.35. The van der Waals surface area contributed by atoms with E-state index in [4.69, 9.17) is 0 Å². The summed E-state index contributed by atoms with van der Waals surface area (Å²) in [5.41, 5.74) is 0. The lowest BCUT2D eigenvalue weighted by Crippen LogP contribution is -2.35. The molecule has 3 nitrogen and oxygen atoms in total. The molecule has 1 saturated heterocycles. The van der Waals surface area contributed by atoms with E-state index in [2.05, 4.69) is 15.3 Å². The first-order valence-electron chi connectivity index (χ1n) is 4.67. The Bertz CT molecular complexity index is 212. The first kappa shape index (κ1) is 7.80. The van der Waals surface area contributed by atoms with E-state index in [0.29, 0.717) is 6.04 Å². The lowest BCUT2D eigenvalue weighted by Gasteiger charge is -2.22. The predicted molar refractivity (Wildman–Crippen MR) is 47.9 cm³/mol. The zero-order valence-electron chi connectivity index (χ0n) is 7.21. The van der Waals surface area contributed by atoms with Crippen LogP contribution in [0.4, 0.5) is 0 Å². The van der Waals surface area contributed by atoms with Gasteiger partial charge in [-0.25, -0.2) is 4.98 Å². The largest absolute Gasteiger partial charge is 0.349 e. The van der Waals surface area contributed by atoms with Crippen LogP contribution in [-0.4, -0.2) is 22.6 Å². The molecular formula is C9H15N3. The minimum absolute atomic E-state index is 0.643. The van der Waals surface area contributed by atoms with Gasteiger partial charge in [0.25, 0.3) is 0 Å². The van der Waals surface area contributed by atoms with Crippen LogP contribution in [0.3, 0.4) is 0 Å². The van der Waals surface area contributed by atoms with E-state index in [1.807, 2.05) is 12.4 Å². The van der Waals surface area contributed by atoms with Crippen molar-refractivity contribution in [2.45, 2.75) is 31.7 Å². The number of aromatic nitrogens is 2. The van der Waals surface area contributed by atoms with Crippen LogP contribution < -0.4 is 5.32 Å². The number of piperidine rings is 1. The molecule has 0 radical (unpaired) electrons. The second kappa shape index (κ2) is 3.72. The molecule has 0 aromatic carbocycles. The maximum absolute atomic E-state index is 4.21. The molecule has 0 amide bonds. The molecule has 1 aliphatic rings. The summed E-state index contributed by atoms with van der Waals surface area (Å²) < 4.78 is 0. The Morgan fingerprint density at radius 2 is 2.50 bits per heavy atom. The van der Waals surface area contributed by atoms with Crippen molar-refractivity contribution in [1.29, 1.82) is 0 Å². The molecule has 1 aromatic heterocycles. The van der Waals surface area contributed by atoms with Crippen molar-refractivity contribution in [3.8, 4) is 0 Å². The molecule has 1 aromatic rings. The van der Waals surface area contributed by atoms with Crippen molar-refractivity contribution in [2.75, 3.05) is 6.54 Å². The van der Waals surface area contributed by atoms with Crippen LogP contribution in [0.5, 0.6) is 0 Å². The SMILES string of the molecule is c1c[nH]c(CC2CCCCN2)n1. The van der Waals surface area contributed by atoms with Crippen LogP contribution in [0.2, 0.25) is 0 Å². The smallest absolute Gasteiger partial charge is 0.107 e. The maximum Gasteiger partial charge on any atom is 0.107 e. The Balaban J connectivity index is 1.86. The molecule has 0 bridgehead atoms. The van der Waals surface area contributed by atoms with Gasteiger partial charge in [-0.05, 0) is 19.4 Å². The van der Waals surface area contributed by atoms with Gasteiger partial charge in [0, 0.05) is 24.9 Å². The molecule has 1 unspecified atom stereocenters. The van der Waals surface area contributed by atoms with E-state index in [1.54, 1.807) is 0 Å². The number of aromatic amines is 1. The first-order chi connectivity index (χ1) is 5.95. The number of hydrogen-bond acceptors (Lipinski definition) is 2. The Hall–Kier alpha value is -0.830. The molecule has 1 aliphatic heterocycles. The summed E-state index contributed by atoms with van der Waals surface area (Å²) in [6.45, 7) is 1.17. The number of H-pyrrole nitrogens is 1. The first-order valence-corrected chi connectivity index (χ1v) is 4.67. The maximum atomic E-state index is 4.21. The van der Waals surface area contributed by atoms with Gasteiger partial charge in [0.15, 0.2) is 0 Å². The van der Waals surface area contributed by atoms with Gasteiger partial charge < -0.3 is 10.3 Å². The standard InChI is InChI=1S/C9H15N3/c1-2-4-10-8(3-1)7-9-11-5-6-12-9/h5-6,8,10H,1-4,7H2,(H,11,12). The molecule has 12 heavy (non-hydrogen) atoms. The van der Waals surface area contributed by atoms with Gasteiger partial charge in [0.2, 0.25) is 0 Å². The molecule has 0 aliphatic carbocycles. The highest BCUT2D eigenvalue weighted by Gasteiger charge is 2.13. The summed E-state index contributed by atoms with van der Waals surface area (Å²) in [7, 11) is 0. The van der Waals surface area contributed by atoms with Gasteiger partial charge in [0.05, 0.1) is 0 Å². The Morgan fingerprint density at radius 1 is 1.50 bits per heavy atom. The zero-order valence-corrected chi connectivity index (χ0v) is 7.21. The van der Waals surface area contributed by atoms with E-state index in [1.165, 1.54) is 25.8 Å². The van der Waals surface area contributed by atoms with Crippen LogP contribution in [0.15, 0.2) is 12.4 Å². The van der Waals surface area contributed by atoms with E-state index < -0.39 is 0 Å². The van der Waals surface area contributed by atoms with Gasteiger partial charge in [-0.1, -0.05) is 6.42 Å². The fourth-order valence-corrected chi connectivity index (χ4v) is 1.74. The van der Waals surface area contributed by atoms with Crippen molar-refractivity contribution in [1.82, 2.24) is 15.3 Å². The predicted octanol–water partition coefficient (Wildman–Crippen LogP) is 1.09. The average molecular weight is 165 g/mol. The van der Waals surface area contributed by atoms with E-state index in [0.717, 1.165) is 12.2 Å². The summed E-state index contributed by atoms with van der Waals surface area (Å²) in [5.74, 6) is 1.11. The molecule has 1 atom stereocenters. The number of nitrogens with zero attached hydrogens (tertiary/aromatic N) is 1. The van der Waals surface area contributed by atoms with Crippen molar-refractivity contribution in [3.05, 3.63) is 18.2 Å². The minimum Gasteiger partial charge on any atom is -0.349 e. The van der Waals surface area contributed by atoms with Crippen LogP contribution in [0.1, 0.15) is 25.1 Å². The number of hydrogen-bond donors (Lipinski definition) is 2. The summed E-state index contributed by atoms with van der Waals surface area (Å²) in [6, 6.07) is 0.643. The lowest BCUT2D eigenvalue weighted by molar-refractivity contribution is 0.395. The molecule has 66 valence electrons. The monoisotopic (exact) mass is 165 g/mol. The van der Waals surface area contributed by atoms with Crippen molar-refractivity contribution >= 4 is 0 Å². The molecule has 2 heterocycles. The van der Waals surface area contributed by atoms with Crippen LogP contribution in [-0.2, 0) is 6.42 Å². The normalized spacial score (nSPS) is 24.2. The number of nitrogens with one attached hydrogen (secondary N) is 2. The second-order valence-corrected chi connectivity index (χ2v) is 3.39. The van der Waals surface area contributed by atoms with E-state index in [-0.39, 0.29) is 0 Å². The Kier molecular flexibility index (Phi) is 2.42. The minimum atomic E-state index is 0.643. The number of imidazole rings is 1. The molecule has 0 saturated carbocycles. The zero-order chi connectivity index (χ0) is 8.23. The summed E-state index contributed by atoms with van der Waals surface area (Å²) >= 11 is 0. The van der Waals surface area contributed by atoms with Crippen molar-refractivity contribution < 1.29 is 0 Å². The summed E-state index contributed by atoms with van der Waals surface area (Å²) in [5, 5.41) is 3.50. The average Bonchev–Trinajstić information content (AvgIpc) is 2.59. The van der Waals surface area contributed by atoms with Crippen LogP contribution in [0.25, 0.3) is 0 Å². The number of rotatable bonds is 2. The molecule has 1 fully saturated rings. The highest BCUT2D eigenvalue weighted by atomic mass is 14.9. The quantitative estimate of drug-likeness (QED) is 0.688. The van der Waals surface area contributed by atoms with Crippen LogP contribution >= 0.6 is 0 Å². The van der Waals surface area contributed by atoms with Gasteiger partial charge >= 0.3 is 0 Å².